The molecule has 1 saturated heterocycles. The first-order valence-electron chi connectivity index (χ1n) is 11.1. The molecule has 1 fully saturated rings. The van der Waals surface area contributed by atoms with Crippen LogP contribution in [0.15, 0.2) is 75.1 Å². The number of aliphatic carboxylic acids is 1. The van der Waals surface area contributed by atoms with Crippen molar-refractivity contribution >= 4 is 51.9 Å². The SMILES string of the molecule is CC(=O)O.Cc1cccn2c(=O)c(C=C3SC(=S)N(Cc4ccco4)C3=O)c(Oc3ccccc3F)nc12. The van der Waals surface area contributed by atoms with Gasteiger partial charge in [-0.1, -0.05) is 42.2 Å². The summed E-state index contributed by atoms with van der Waals surface area (Å²) in [4.78, 5) is 41.6. The van der Waals surface area contributed by atoms with Gasteiger partial charge in [0, 0.05) is 13.1 Å². The fourth-order valence-electron chi connectivity index (χ4n) is 3.45. The number of rotatable bonds is 5. The summed E-state index contributed by atoms with van der Waals surface area (Å²) in [6.07, 6.45) is 4.48. The maximum Gasteiger partial charge on any atom is 0.300 e. The van der Waals surface area contributed by atoms with Crippen LogP contribution in [0, 0.1) is 12.7 Å². The number of carbonyl (C=O) groups is 2. The normalized spacial score (nSPS) is 14.1. The highest BCUT2D eigenvalue weighted by molar-refractivity contribution is 8.26. The van der Waals surface area contributed by atoms with Gasteiger partial charge in [-0.3, -0.25) is 23.7 Å². The van der Waals surface area contributed by atoms with Gasteiger partial charge in [-0.2, -0.15) is 4.98 Å². The second-order valence-corrected chi connectivity index (χ2v) is 9.60. The maximum atomic E-state index is 14.3. The summed E-state index contributed by atoms with van der Waals surface area (Å²) >= 11 is 6.43. The molecule has 1 aliphatic rings. The number of amides is 1. The van der Waals surface area contributed by atoms with Gasteiger partial charge in [0.2, 0.25) is 5.88 Å². The van der Waals surface area contributed by atoms with Gasteiger partial charge in [0.25, 0.3) is 17.4 Å². The summed E-state index contributed by atoms with van der Waals surface area (Å²) in [5.74, 6) is -1.45. The number of aryl methyl sites for hydroxylation is 1. The molecule has 1 amide bonds. The zero-order valence-corrected chi connectivity index (χ0v) is 21.7. The molecule has 4 aromatic rings. The summed E-state index contributed by atoms with van der Waals surface area (Å²) < 4.78 is 27.1. The first kappa shape index (κ1) is 26.8. The molecule has 12 heteroatoms. The average molecular weight is 554 g/mol. The van der Waals surface area contributed by atoms with Gasteiger partial charge in [-0.15, -0.1) is 0 Å². The zero-order valence-electron chi connectivity index (χ0n) is 20.1. The highest BCUT2D eigenvalue weighted by Crippen LogP contribution is 2.35. The monoisotopic (exact) mass is 553 g/mol. The van der Waals surface area contributed by atoms with Gasteiger partial charge in [-0.25, -0.2) is 4.39 Å². The Morgan fingerprint density at radius 2 is 1.95 bits per heavy atom. The van der Waals surface area contributed by atoms with Crippen LogP contribution in [0.5, 0.6) is 11.6 Å². The van der Waals surface area contributed by atoms with E-state index in [-0.39, 0.29) is 34.6 Å². The lowest BCUT2D eigenvalue weighted by molar-refractivity contribution is -0.134. The van der Waals surface area contributed by atoms with E-state index in [2.05, 4.69) is 4.98 Å². The molecule has 0 aliphatic carbocycles. The highest BCUT2D eigenvalue weighted by Gasteiger charge is 2.33. The molecule has 0 saturated carbocycles. The van der Waals surface area contributed by atoms with Crippen LogP contribution in [-0.2, 0) is 16.1 Å². The van der Waals surface area contributed by atoms with Crippen molar-refractivity contribution in [2.45, 2.75) is 20.4 Å². The third-order valence-corrected chi connectivity index (χ3v) is 6.51. The van der Waals surface area contributed by atoms with E-state index in [4.69, 9.17) is 31.3 Å². The Labute approximate surface area is 225 Å². The van der Waals surface area contributed by atoms with Crippen molar-refractivity contribution < 1.29 is 28.2 Å². The number of furan rings is 1. The largest absolute Gasteiger partial charge is 0.481 e. The Morgan fingerprint density at radius 1 is 1.21 bits per heavy atom. The van der Waals surface area contributed by atoms with Crippen molar-refractivity contribution in [2.24, 2.45) is 0 Å². The van der Waals surface area contributed by atoms with Gasteiger partial charge in [0.15, 0.2) is 11.6 Å². The Morgan fingerprint density at radius 3 is 2.63 bits per heavy atom. The Kier molecular flexibility index (Phi) is 8.03. The molecule has 4 heterocycles. The first-order chi connectivity index (χ1) is 18.2. The molecule has 0 spiro atoms. The van der Waals surface area contributed by atoms with E-state index in [9.17, 15) is 14.0 Å². The number of thiocarbonyl (C=S) groups is 1. The molecule has 5 rings (SSSR count). The van der Waals surface area contributed by atoms with E-state index in [0.717, 1.165) is 24.2 Å². The predicted octanol–water partition coefficient (Wildman–Crippen LogP) is 5.02. The highest BCUT2D eigenvalue weighted by atomic mass is 32.2. The number of carboxylic acid groups (broad SMARTS) is 1. The Bertz CT molecular complexity index is 1630. The van der Waals surface area contributed by atoms with E-state index < -0.39 is 17.3 Å². The number of ether oxygens (including phenoxy) is 1. The fraction of sp³-hybridized carbons (Fsp3) is 0.115. The van der Waals surface area contributed by atoms with Crippen molar-refractivity contribution in [3.63, 3.8) is 0 Å². The van der Waals surface area contributed by atoms with Crippen LogP contribution in [0.25, 0.3) is 11.7 Å². The van der Waals surface area contributed by atoms with E-state index in [0.29, 0.717) is 15.7 Å². The van der Waals surface area contributed by atoms with Gasteiger partial charge < -0.3 is 14.3 Å². The minimum Gasteiger partial charge on any atom is -0.481 e. The van der Waals surface area contributed by atoms with Crippen LogP contribution in [0.3, 0.4) is 0 Å². The van der Waals surface area contributed by atoms with Crippen LogP contribution in [0.2, 0.25) is 0 Å². The number of thioether (sulfide) groups is 1. The van der Waals surface area contributed by atoms with Gasteiger partial charge in [0.05, 0.1) is 17.7 Å². The van der Waals surface area contributed by atoms with E-state index in [1.807, 2.05) is 0 Å². The third kappa shape index (κ3) is 5.82. The van der Waals surface area contributed by atoms with Crippen LogP contribution >= 0.6 is 24.0 Å². The molecule has 0 bridgehead atoms. The summed E-state index contributed by atoms with van der Waals surface area (Å²) in [7, 11) is 0. The molecular weight excluding hydrogens is 533 g/mol. The minimum absolute atomic E-state index is 0.00449. The second kappa shape index (κ2) is 11.4. The van der Waals surface area contributed by atoms with E-state index in [1.165, 1.54) is 39.8 Å². The van der Waals surface area contributed by atoms with Crippen LogP contribution in [0.1, 0.15) is 23.8 Å². The molecule has 1 N–H and O–H groups in total. The molecule has 1 aromatic carbocycles. The quantitative estimate of drug-likeness (QED) is 0.269. The van der Waals surface area contributed by atoms with Crippen molar-refractivity contribution in [3.8, 4) is 11.6 Å². The average Bonchev–Trinajstić information content (AvgIpc) is 3.47. The summed E-state index contributed by atoms with van der Waals surface area (Å²) in [6, 6.07) is 12.8. The number of carboxylic acids is 1. The number of aromatic nitrogens is 2. The topological polar surface area (TPSA) is 114 Å². The van der Waals surface area contributed by atoms with Crippen LogP contribution in [0.4, 0.5) is 4.39 Å². The Balaban J connectivity index is 0.000000786. The lowest BCUT2D eigenvalue weighted by Gasteiger charge is -2.12. The molecule has 1 aliphatic heterocycles. The molecule has 0 atom stereocenters. The number of benzene rings is 1. The lowest BCUT2D eigenvalue weighted by atomic mass is 10.2. The second-order valence-electron chi connectivity index (χ2n) is 7.92. The first-order valence-corrected chi connectivity index (χ1v) is 12.3. The summed E-state index contributed by atoms with van der Waals surface area (Å²) in [6.45, 7) is 3.05. The number of para-hydroxylation sites is 1. The number of hydrogen-bond donors (Lipinski definition) is 1. The van der Waals surface area contributed by atoms with Gasteiger partial charge >= 0.3 is 0 Å². The summed E-state index contributed by atoms with van der Waals surface area (Å²) in [5.41, 5.74) is 0.636. The molecule has 0 radical (unpaired) electrons. The molecule has 0 unspecified atom stereocenters. The lowest BCUT2D eigenvalue weighted by Crippen LogP contribution is -2.27. The van der Waals surface area contributed by atoms with Crippen molar-refractivity contribution in [1.29, 1.82) is 0 Å². The number of nitrogens with zero attached hydrogens (tertiary/aromatic N) is 3. The van der Waals surface area contributed by atoms with Crippen molar-refractivity contribution in [2.75, 3.05) is 0 Å². The third-order valence-electron chi connectivity index (χ3n) is 5.14. The van der Waals surface area contributed by atoms with Gasteiger partial charge in [0.1, 0.15) is 21.3 Å². The van der Waals surface area contributed by atoms with Crippen LogP contribution < -0.4 is 10.3 Å². The summed E-state index contributed by atoms with van der Waals surface area (Å²) in [5, 5.41) is 7.42. The number of pyridine rings is 1. The fourth-order valence-corrected chi connectivity index (χ4v) is 4.69. The molecule has 38 heavy (non-hydrogen) atoms. The standard InChI is InChI=1S/C24H16FN3O4S2.C2H4O2/c1-14-6-4-10-27-20(14)26-21(32-18-9-3-2-8-17(18)25)16(22(27)29)12-19-23(30)28(24(33)34-19)13-15-7-5-11-31-15;1-2(3)4/h2-12H,13H2,1H3;1H3,(H,3,4). The molecular formula is C26H20FN3O6S2. The smallest absolute Gasteiger partial charge is 0.300 e. The number of carbonyl (C=O) groups excluding carboxylic acids is 1. The van der Waals surface area contributed by atoms with Gasteiger partial charge in [-0.05, 0) is 48.9 Å². The number of hydrogen-bond acceptors (Lipinski definition) is 8. The van der Waals surface area contributed by atoms with Crippen molar-refractivity contribution in [3.05, 3.63) is 99.0 Å². The van der Waals surface area contributed by atoms with Crippen LogP contribution in [-0.4, -0.2) is 35.6 Å². The minimum atomic E-state index is -0.833. The zero-order chi connectivity index (χ0) is 27.4. The molecule has 9 nitrogen and oxygen atoms in total. The predicted molar refractivity (Wildman–Crippen MR) is 143 cm³/mol. The molecule has 3 aromatic heterocycles. The van der Waals surface area contributed by atoms with E-state index in [1.54, 1.807) is 43.5 Å². The number of halogens is 1. The Hall–Kier alpha value is -4.29. The molecule has 194 valence electrons. The van der Waals surface area contributed by atoms with Crippen molar-refractivity contribution in [1.82, 2.24) is 14.3 Å². The van der Waals surface area contributed by atoms with E-state index >= 15 is 0 Å². The number of fused-ring (bicyclic) bond motifs is 1. The maximum absolute atomic E-state index is 14.3.